The molecule has 2 aromatic heterocycles. The van der Waals surface area contributed by atoms with Crippen LogP contribution in [-0.2, 0) is 9.59 Å². The van der Waals surface area contributed by atoms with Gasteiger partial charge in [0.25, 0.3) is 0 Å². The van der Waals surface area contributed by atoms with Gasteiger partial charge in [-0.05, 0) is 75.6 Å². The van der Waals surface area contributed by atoms with Gasteiger partial charge in [0.15, 0.2) is 5.82 Å². The van der Waals surface area contributed by atoms with Crippen molar-refractivity contribution in [2.75, 3.05) is 18.4 Å². The topological polar surface area (TPSA) is 127 Å². The zero-order valence-corrected chi connectivity index (χ0v) is 27.7. The Morgan fingerprint density at radius 1 is 1.02 bits per heavy atom. The summed E-state index contributed by atoms with van der Waals surface area (Å²) in [4.78, 5) is 31.9. The van der Waals surface area contributed by atoms with Crippen molar-refractivity contribution in [3.05, 3.63) is 92.3 Å². The summed E-state index contributed by atoms with van der Waals surface area (Å²) >= 11 is 7.87. The maximum absolute atomic E-state index is 13.1. The summed E-state index contributed by atoms with van der Waals surface area (Å²) in [5.74, 6) is 6.93. The van der Waals surface area contributed by atoms with E-state index in [1.54, 1.807) is 11.3 Å². The van der Waals surface area contributed by atoms with Crippen molar-refractivity contribution in [2.24, 2.45) is 10.7 Å². The Morgan fingerprint density at radius 3 is 2.47 bits per heavy atom. The number of rotatable bonds is 9. The maximum Gasteiger partial charge on any atom is 0.224 e. The Morgan fingerprint density at radius 2 is 1.76 bits per heavy atom. The van der Waals surface area contributed by atoms with Crippen molar-refractivity contribution < 1.29 is 9.59 Å². The quantitative estimate of drug-likeness (QED) is 0.153. The van der Waals surface area contributed by atoms with Crippen LogP contribution in [0, 0.1) is 32.6 Å². The molecule has 4 N–H and O–H groups in total. The summed E-state index contributed by atoms with van der Waals surface area (Å²) < 4.78 is 2.03. The average molecular weight is 665 g/mol. The second-order valence-electron chi connectivity index (χ2n) is 10.5. The van der Waals surface area contributed by atoms with Crippen LogP contribution in [0.25, 0.3) is 5.00 Å². The third-order valence-electron chi connectivity index (χ3n) is 7.39. The SMILES string of the molecule is Cc1sc2c(c1C)C(c1ccc(Cl)cc1)=NC(CC(=O)NCCCCC(=O)Nc1ccc(C#CCN)cc1)c1nnc(C)n1-2.Cl. The summed E-state index contributed by atoms with van der Waals surface area (Å²) in [7, 11) is 0. The molecule has 3 heterocycles. The summed E-state index contributed by atoms with van der Waals surface area (Å²) in [5, 5.41) is 16.4. The van der Waals surface area contributed by atoms with Crippen molar-refractivity contribution in [2.45, 2.75) is 52.5 Å². The number of anilines is 1. The van der Waals surface area contributed by atoms with Gasteiger partial charge in [0.05, 0.1) is 18.7 Å². The molecule has 0 spiro atoms. The molecule has 45 heavy (non-hydrogen) atoms. The van der Waals surface area contributed by atoms with Gasteiger partial charge in [-0.3, -0.25) is 19.1 Å². The van der Waals surface area contributed by atoms with Gasteiger partial charge in [0, 0.05) is 45.2 Å². The molecule has 2 amide bonds. The normalized spacial score (nSPS) is 13.3. The molecule has 4 aromatic rings. The fraction of sp³-hybridized carbons (Fsp3) is 0.303. The van der Waals surface area contributed by atoms with Gasteiger partial charge in [-0.15, -0.1) is 33.9 Å². The van der Waals surface area contributed by atoms with E-state index in [4.69, 9.17) is 22.3 Å². The van der Waals surface area contributed by atoms with E-state index in [1.807, 2.05) is 60.0 Å². The lowest BCUT2D eigenvalue weighted by atomic mass is 9.99. The highest BCUT2D eigenvalue weighted by atomic mass is 35.5. The molecule has 0 aliphatic carbocycles. The number of thiophene rings is 1. The minimum atomic E-state index is -0.528. The predicted octanol–water partition coefficient (Wildman–Crippen LogP) is 5.85. The van der Waals surface area contributed by atoms with Crippen molar-refractivity contribution in [1.82, 2.24) is 20.1 Å². The largest absolute Gasteiger partial charge is 0.356 e. The molecule has 1 atom stereocenters. The first-order valence-corrected chi connectivity index (χ1v) is 15.7. The first-order chi connectivity index (χ1) is 21.2. The minimum absolute atomic E-state index is 0. The van der Waals surface area contributed by atoms with Gasteiger partial charge in [-0.2, -0.15) is 0 Å². The number of nitrogens with zero attached hydrogens (tertiary/aromatic N) is 4. The van der Waals surface area contributed by atoms with Crippen LogP contribution in [0.4, 0.5) is 5.69 Å². The molecule has 1 aliphatic heterocycles. The number of nitrogens with two attached hydrogens (primary N) is 1. The van der Waals surface area contributed by atoms with E-state index in [-0.39, 0.29) is 30.6 Å². The van der Waals surface area contributed by atoms with Gasteiger partial charge in [0.1, 0.15) is 16.9 Å². The molecular formula is C33H35Cl2N7O2S. The van der Waals surface area contributed by atoms with Gasteiger partial charge in [-0.1, -0.05) is 35.6 Å². The average Bonchev–Trinajstić information content (AvgIpc) is 3.48. The third-order valence-corrected chi connectivity index (χ3v) is 8.84. The van der Waals surface area contributed by atoms with Crippen LogP contribution in [0.1, 0.15) is 70.5 Å². The van der Waals surface area contributed by atoms with Crippen LogP contribution in [0.3, 0.4) is 0 Å². The van der Waals surface area contributed by atoms with Crippen LogP contribution in [0.15, 0.2) is 53.5 Å². The van der Waals surface area contributed by atoms with E-state index < -0.39 is 6.04 Å². The summed E-state index contributed by atoms with van der Waals surface area (Å²) in [6.45, 7) is 6.87. The van der Waals surface area contributed by atoms with Crippen LogP contribution in [0.2, 0.25) is 5.02 Å². The van der Waals surface area contributed by atoms with E-state index in [0.29, 0.717) is 48.9 Å². The fourth-order valence-electron chi connectivity index (χ4n) is 5.03. The lowest BCUT2D eigenvalue weighted by molar-refractivity contribution is -0.121. The number of unbranched alkanes of at least 4 members (excludes halogenated alkanes) is 1. The number of carbonyl (C=O) groups is 2. The highest BCUT2D eigenvalue weighted by Crippen LogP contribution is 2.39. The molecule has 0 fully saturated rings. The van der Waals surface area contributed by atoms with Crippen molar-refractivity contribution in [3.8, 4) is 16.8 Å². The Kier molecular flexibility index (Phi) is 11.5. The van der Waals surface area contributed by atoms with Crippen LogP contribution in [0.5, 0.6) is 0 Å². The number of benzene rings is 2. The number of fused-ring (bicyclic) bond motifs is 3. The minimum Gasteiger partial charge on any atom is -0.356 e. The van der Waals surface area contributed by atoms with Crippen molar-refractivity contribution in [3.63, 3.8) is 0 Å². The number of nitrogens with one attached hydrogen (secondary N) is 2. The highest BCUT2D eigenvalue weighted by molar-refractivity contribution is 7.15. The van der Waals surface area contributed by atoms with E-state index >= 15 is 0 Å². The summed E-state index contributed by atoms with van der Waals surface area (Å²) in [6, 6.07) is 14.4. The summed E-state index contributed by atoms with van der Waals surface area (Å²) in [5.41, 5.74) is 10.9. The molecule has 0 saturated carbocycles. The van der Waals surface area contributed by atoms with Crippen molar-refractivity contribution in [1.29, 1.82) is 0 Å². The number of aryl methyl sites for hydroxylation is 2. The molecule has 234 valence electrons. The first-order valence-electron chi connectivity index (χ1n) is 14.5. The lowest BCUT2D eigenvalue weighted by Crippen LogP contribution is -2.26. The van der Waals surface area contributed by atoms with E-state index in [1.165, 1.54) is 4.88 Å². The van der Waals surface area contributed by atoms with Gasteiger partial charge >= 0.3 is 0 Å². The van der Waals surface area contributed by atoms with E-state index in [0.717, 1.165) is 38.8 Å². The van der Waals surface area contributed by atoms with E-state index in [2.05, 4.69) is 46.5 Å². The smallest absolute Gasteiger partial charge is 0.224 e. The predicted molar refractivity (Wildman–Crippen MR) is 183 cm³/mol. The van der Waals surface area contributed by atoms with Crippen molar-refractivity contribution >= 4 is 58.6 Å². The summed E-state index contributed by atoms with van der Waals surface area (Å²) in [6.07, 6.45) is 1.78. The Labute approximate surface area is 278 Å². The molecule has 1 unspecified atom stereocenters. The van der Waals surface area contributed by atoms with Gasteiger partial charge in [-0.25, -0.2) is 0 Å². The zero-order valence-electron chi connectivity index (χ0n) is 25.3. The van der Waals surface area contributed by atoms with Crippen LogP contribution < -0.4 is 16.4 Å². The number of hydrogen-bond acceptors (Lipinski definition) is 7. The third kappa shape index (κ3) is 7.99. The molecular weight excluding hydrogens is 629 g/mol. The number of aromatic nitrogens is 3. The molecule has 0 bridgehead atoms. The number of halogens is 2. The molecule has 2 aromatic carbocycles. The highest BCUT2D eigenvalue weighted by Gasteiger charge is 2.32. The molecule has 1 aliphatic rings. The lowest BCUT2D eigenvalue weighted by Gasteiger charge is -2.13. The Hall–Kier alpha value is -4.01. The molecule has 0 saturated heterocycles. The number of aliphatic imine (C=N–C) groups is 1. The fourth-order valence-corrected chi connectivity index (χ4v) is 6.37. The number of hydrogen-bond donors (Lipinski definition) is 3. The second-order valence-corrected chi connectivity index (χ2v) is 12.2. The second kappa shape index (κ2) is 15.3. The monoisotopic (exact) mass is 663 g/mol. The van der Waals surface area contributed by atoms with Gasteiger partial charge in [0.2, 0.25) is 11.8 Å². The van der Waals surface area contributed by atoms with E-state index in [9.17, 15) is 9.59 Å². The zero-order chi connectivity index (χ0) is 31.2. The molecule has 5 rings (SSSR count). The Balaban J connectivity index is 0.00000461. The van der Waals surface area contributed by atoms with Crippen LogP contribution in [-0.4, -0.2) is 45.4 Å². The standard InChI is InChI=1S/C33H34ClN7O2S.ClH/c1-20-21(2)44-33-30(20)31(24-11-13-25(34)14-12-24)38-27(32-40-39-22(3)41(32)33)19-29(43)36-18-5-4-8-28(42)37-26-15-9-23(10-16-26)7-6-17-35;/h9-16,27H,4-5,8,17-19,35H2,1-3H3,(H,36,43)(H,37,42);1H. The van der Waals surface area contributed by atoms with Crippen LogP contribution >= 0.6 is 35.3 Å². The molecule has 12 heteroatoms. The Bertz CT molecular complexity index is 1770. The first kappa shape index (κ1) is 33.9. The number of carbonyl (C=O) groups excluding carboxylic acids is 2. The molecule has 9 nitrogen and oxygen atoms in total. The van der Waals surface area contributed by atoms with Gasteiger partial charge < -0.3 is 16.4 Å². The molecule has 0 radical (unpaired) electrons. The maximum atomic E-state index is 13.1. The number of amides is 2.